The molecule has 1 atom stereocenters. The topological polar surface area (TPSA) is 63.2 Å². The van der Waals surface area contributed by atoms with Crippen molar-refractivity contribution >= 4 is 40.7 Å². The summed E-state index contributed by atoms with van der Waals surface area (Å²) in [5.74, 6) is 3.41. The van der Waals surface area contributed by atoms with Gasteiger partial charge in [0.2, 0.25) is 0 Å². The Morgan fingerprint density at radius 2 is 1.77 bits per heavy atom. The smallest absolute Gasteiger partial charge is 0.193 e. The van der Waals surface area contributed by atoms with Crippen molar-refractivity contribution in [1.29, 1.82) is 0 Å². The van der Waals surface area contributed by atoms with Crippen LogP contribution < -0.4 is 14.8 Å². The van der Waals surface area contributed by atoms with E-state index in [9.17, 15) is 4.21 Å². The normalized spacial score (nSPS) is 11.9. The van der Waals surface area contributed by atoms with Crippen molar-refractivity contribution in [3.63, 3.8) is 0 Å². The first-order chi connectivity index (χ1) is 14.6. The second kappa shape index (κ2) is 15.1. The van der Waals surface area contributed by atoms with Gasteiger partial charge in [-0.3, -0.25) is 9.20 Å². The summed E-state index contributed by atoms with van der Waals surface area (Å²) in [4.78, 5) is 6.76. The molecule has 0 spiro atoms. The van der Waals surface area contributed by atoms with Crippen molar-refractivity contribution in [2.24, 2.45) is 4.99 Å². The van der Waals surface area contributed by atoms with Gasteiger partial charge in [0.1, 0.15) is 0 Å². The zero-order chi connectivity index (χ0) is 21.8. The lowest BCUT2D eigenvalue weighted by Gasteiger charge is -2.22. The van der Waals surface area contributed by atoms with Crippen LogP contribution in [0.4, 0.5) is 0 Å². The molecule has 0 aliphatic heterocycles. The number of nitrogens with zero attached hydrogens (tertiary/aromatic N) is 2. The molecule has 0 bridgehead atoms. The Bertz CT molecular complexity index is 834. The van der Waals surface area contributed by atoms with Crippen molar-refractivity contribution in [3.05, 3.63) is 59.7 Å². The van der Waals surface area contributed by atoms with E-state index in [1.807, 2.05) is 62.5 Å². The number of ether oxygens (including phenoxy) is 2. The van der Waals surface area contributed by atoms with Crippen LogP contribution in [0.2, 0.25) is 0 Å². The van der Waals surface area contributed by atoms with Gasteiger partial charge in [-0.25, -0.2) is 0 Å². The summed E-state index contributed by atoms with van der Waals surface area (Å²) < 4.78 is 23.0. The Balaban J connectivity index is 0.00000480. The van der Waals surface area contributed by atoms with Crippen LogP contribution in [-0.2, 0) is 23.0 Å². The van der Waals surface area contributed by atoms with Gasteiger partial charge in [-0.15, -0.1) is 24.0 Å². The molecular formula is C23H34IN3O3S. The fourth-order valence-electron chi connectivity index (χ4n) is 2.99. The maximum absolute atomic E-state index is 12.3. The first-order valence-corrected chi connectivity index (χ1v) is 11.7. The molecular weight excluding hydrogens is 525 g/mol. The second-order valence-corrected chi connectivity index (χ2v) is 8.45. The molecule has 6 nitrogen and oxygen atoms in total. The average Bonchev–Trinajstić information content (AvgIpc) is 2.77. The van der Waals surface area contributed by atoms with Gasteiger partial charge < -0.3 is 19.7 Å². The molecule has 0 radical (unpaired) electrons. The summed E-state index contributed by atoms with van der Waals surface area (Å²) in [5, 5.41) is 3.32. The largest absolute Gasteiger partial charge is 0.493 e. The first-order valence-electron chi connectivity index (χ1n) is 10.2. The number of nitrogens with one attached hydrogen (secondary N) is 1. The molecule has 0 aliphatic rings. The first kappa shape index (κ1) is 27.2. The van der Waals surface area contributed by atoms with Crippen LogP contribution in [0.5, 0.6) is 11.5 Å². The van der Waals surface area contributed by atoms with Gasteiger partial charge in [0, 0.05) is 42.4 Å². The minimum Gasteiger partial charge on any atom is -0.493 e. The molecule has 0 aliphatic carbocycles. The number of hydrogen-bond donors (Lipinski definition) is 1. The van der Waals surface area contributed by atoms with E-state index in [2.05, 4.69) is 15.2 Å². The highest BCUT2D eigenvalue weighted by molar-refractivity contribution is 14.0. The lowest BCUT2D eigenvalue weighted by molar-refractivity contribution is 0.354. The van der Waals surface area contributed by atoms with Gasteiger partial charge in [-0.2, -0.15) is 0 Å². The molecule has 1 unspecified atom stereocenters. The van der Waals surface area contributed by atoms with E-state index < -0.39 is 10.8 Å². The number of methoxy groups -OCH3 is 2. The van der Waals surface area contributed by atoms with Crippen LogP contribution in [-0.4, -0.2) is 61.7 Å². The van der Waals surface area contributed by atoms with E-state index in [1.54, 1.807) is 14.2 Å². The van der Waals surface area contributed by atoms with Crippen molar-refractivity contribution in [2.75, 3.05) is 46.7 Å². The molecule has 0 heterocycles. The van der Waals surface area contributed by atoms with E-state index >= 15 is 0 Å². The molecule has 0 saturated heterocycles. The van der Waals surface area contributed by atoms with Crippen molar-refractivity contribution in [3.8, 4) is 11.5 Å². The Hall–Kier alpha value is -1.81. The van der Waals surface area contributed by atoms with Gasteiger partial charge in [0.25, 0.3) is 0 Å². The lowest BCUT2D eigenvalue weighted by atomic mass is 10.1. The summed E-state index contributed by atoms with van der Waals surface area (Å²) in [5.41, 5.74) is 2.26. The van der Waals surface area contributed by atoms with E-state index in [0.717, 1.165) is 42.5 Å². The number of guanidine groups is 1. The van der Waals surface area contributed by atoms with E-state index in [4.69, 9.17) is 9.47 Å². The molecule has 8 heteroatoms. The maximum atomic E-state index is 12.3. The molecule has 0 aromatic heterocycles. The van der Waals surface area contributed by atoms with Crippen LogP contribution in [0.15, 0.2) is 53.5 Å². The summed E-state index contributed by atoms with van der Waals surface area (Å²) in [7, 11) is 4.37. The predicted molar refractivity (Wildman–Crippen MR) is 140 cm³/mol. The van der Waals surface area contributed by atoms with Crippen LogP contribution in [0.1, 0.15) is 18.1 Å². The molecule has 0 saturated carbocycles. The monoisotopic (exact) mass is 559 g/mol. The van der Waals surface area contributed by atoms with E-state index in [1.165, 1.54) is 5.56 Å². The van der Waals surface area contributed by atoms with E-state index in [0.29, 0.717) is 18.1 Å². The van der Waals surface area contributed by atoms with E-state index in [-0.39, 0.29) is 24.0 Å². The van der Waals surface area contributed by atoms with Gasteiger partial charge >= 0.3 is 0 Å². The zero-order valence-corrected chi connectivity index (χ0v) is 21.9. The zero-order valence-electron chi connectivity index (χ0n) is 18.8. The predicted octanol–water partition coefficient (Wildman–Crippen LogP) is 3.71. The van der Waals surface area contributed by atoms with Gasteiger partial charge in [0.05, 0.1) is 20.8 Å². The minimum atomic E-state index is -0.924. The van der Waals surface area contributed by atoms with Gasteiger partial charge in [0.15, 0.2) is 17.5 Å². The van der Waals surface area contributed by atoms with Crippen LogP contribution in [0.25, 0.3) is 0 Å². The van der Waals surface area contributed by atoms with Crippen molar-refractivity contribution in [2.45, 2.75) is 19.1 Å². The Kier molecular flexibility index (Phi) is 13.2. The minimum absolute atomic E-state index is 0. The molecule has 2 aromatic carbocycles. The summed E-state index contributed by atoms with van der Waals surface area (Å²) in [6.45, 7) is 4.16. The third-order valence-corrected chi connectivity index (χ3v) is 5.92. The Morgan fingerprint density at radius 3 is 2.42 bits per heavy atom. The maximum Gasteiger partial charge on any atom is 0.193 e. The fraction of sp³-hybridized carbons (Fsp3) is 0.435. The number of rotatable bonds is 11. The van der Waals surface area contributed by atoms with Crippen LogP contribution >= 0.6 is 24.0 Å². The molecule has 2 rings (SSSR count). The number of halogens is 1. The molecule has 0 amide bonds. The molecule has 172 valence electrons. The highest BCUT2D eigenvalue weighted by atomic mass is 127. The summed E-state index contributed by atoms with van der Waals surface area (Å²) in [6.07, 6.45) is 0.848. The quantitative estimate of drug-likeness (QED) is 0.259. The second-order valence-electron chi connectivity index (χ2n) is 6.87. The van der Waals surface area contributed by atoms with Crippen LogP contribution in [0.3, 0.4) is 0 Å². The number of aliphatic imine (C=N–C) groups is 1. The standard InChI is InChI=1S/C23H33N3O3S.HI/c1-5-24-23(25-14-16-30(27)18-20-9-7-6-8-10-20)26(2)15-13-19-11-12-21(28-3)22(17-19)29-4;/h6-12,17H,5,13-16,18H2,1-4H3,(H,24,25);1H. The summed E-state index contributed by atoms with van der Waals surface area (Å²) >= 11 is 0. The highest BCUT2D eigenvalue weighted by Gasteiger charge is 2.09. The Morgan fingerprint density at radius 1 is 1.06 bits per heavy atom. The number of benzene rings is 2. The van der Waals surface area contributed by atoms with Crippen molar-refractivity contribution in [1.82, 2.24) is 10.2 Å². The third kappa shape index (κ3) is 9.47. The SMILES string of the molecule is CCNC(=NCCS(=O)Cc1ccccc1)N(C)CCc1ccc(OC)c(OC)c1.I. The van der Waals surface area contributed by atoms with Gasteiger partial charge in [-0.1, -0.05) is 36.4 Å². The average molecular weight is 560 g/mol. The Labute approximate surface area is 205 Å². The molecule has 1 N–H and O–H groups in total. The number of hydrogen-bond acceptors (Lipinski definition) is 4. The van der Waals surface area contributed by atoms with Crippen LogP contribution in [0, 0.1) is 0 Å². The molecule has 0 fully saturated rings. The molecule has 31 heavy (non-hydrogen) atoms. The highest BCUT2D eigenvalue weighted by Crippen LogP contribution is 2.27. The fourth-order valence-corrected chi connectivity index (χ4v) is 4.00. The molecule has 2 aromatic rings. The summed E-state index contributed by atoms with van der Waals surface area (Å²) in [6, 6.07) is 15.9. The lowest BCUT2D eigenvalue weighted by Crippen LogP contribution is -2.40. The number of likely N-dealkylation sites (N-methyl/N-ethyl adjacent to an activating group) is 1. The third-order valence-electron chi connectivity index (χ3n) is 4.63. The van der Waals surface area contributed by atoms with Crippen molar-refractivity contribution < 1.29 is 13.7 Å². The van der Waals surface area contributed by atoms with Gasteiger partial charge in [-0.05, 0) is 36.6 Å².